The predicted octanol–water partition coefficient (Wildman–Crippen LogP) is 5.17. The Bertz CT molecular complexity index is 1170. The Morgan fingerprint density at radius 2 is 1.65 bits per heavy atom. The Hall–Kier alpha value is -1.32. The van der Waals surface area contributed by atoms with Crippen LogP contribution in [-0.2, 0) is 28.9 Å². The van der Waals surface area contributed by atoms with Gasteiger partial charge in [0.2, 0.25) is 15.8 Å². The minimum atomic E-state index is -4.26. The molecule has 0 saturated heterocycles. The first-order valence-electron chi connectivity index (χ1n) is 9.31. The summed E-state index contributed by atoms with van der Waals surface area (Å²) in [7, 11) is -8.52. The molecule has 0 bridgehead atoms. The third-order valence-electron chi connectivity index (χ3n) is 4.58. The monoisotopic (exact) mass is 547 g/mol. The van der Waals surface area contributed by atoms with Gasteiger partial charge in [-0.15, -0.1) is 0 Å². The van der Waals surface area contributed by atoms with Crippen molar-refractivity contribution < 1.29 is 26.8 Å². The topological polar surface area (TPSA) is 98.8 Å². The average molecular weight is 549 g/mol. The highest BCUT2D eigenvalue weighted by atomic mass is 79.9. The van der Waals surface area contributed by atoms with Crippen molar-refractivity contribution >= 4 is 50.9 Å². The number of fused-ring (bicyclic) bond motifs is 1. The van der Waals surface area contributed by atoms with E-state index in [4.69, 9.17) is 20.6 Å². The zero-order valence-electron chi connectivity index (χ0n) is 16.7. The van der Waals surface area contributed by atoms with Gasteiger partial charge in [-0.3, -0.25) is 9.36 Å². The maximum Gasteiger partial charge on any atom is 0.360 e. The Labute approximate surface area is 194 Å². The molecule has 1 N–H and O–H groups in total. The summed E-state index contributed by atoms with van der Waals surface area (Å²) in [5.41, 5.74) is 0.239. The van der Waals surface area contributed by atoms with Crippen LogP contribution in [0, 0.1) is 0 Å². The van der Waals surface area contributed by atoms with Gasteiger partial charge in [0.25, 0.3) is 0 Å². The smallest absolute Gasteiger partial charge is 0.307 e. The molecule has 0 fully saturated rings. The normalized spacial score (nSPS) is 19.1. The minimum Gasteiger partial charge on any atom is -0.307 e. The maximum absolute atomic E-state index is 14.1. The molecule has 3 rings (SSSR count). The number of allylic oxidation sites excluding steroid dienone is 1. The van der Waals surface area contributed by atoms with Crippen LogP contribution in [0.25, 0.3) is 0 Å². The molecule has 0 radical (unpaired) electrons. The summed E-state index contributed by atoms with van der Waals surface area (Å²) in [4.78, 5) is 12.6. The maximum atomic E-state index is 14.1. The van der Waals surface area contributed by atoms with E-state index in [2.05, 4.69) is 20.7 Å². The summed E-state index contributed by atoms with van der Waals surface area (Å²) in [5, 5.41) is -2.34. The highest BCUT2D eigenvalue weighted by Crippen LogP contribution is 2.66. The fraction of sp³-hybridized carbons (Fsp3) is 0.250. The number of carbonyl (C=O) groups excluding carboxylic acids is 1. The Morgan fingerprint density at radius 3 is 2.23 bits per heavy atom. The third kappa shape index (κ3) is 4.46. The van der Waals surface area contributed by atoms with Crippen LogP contribution in [0.5, 0.6) is 0 Å². The number of hydrogen-bond acceptors (Lipinski definition) is 6. The zero-order valence-corrected chi connectivity index (χ0v) is 20.7. The van der Waals surface area contributed by atoms with Gasteiger partial charge in [-0.25, -0.2) is 8.42 Å². The molecule has 31 heavy (non-hydrogen) atoms. The highest BCUT2D eigenvalue weighted by Gasteiger charge is 2.57. The standard InChI is InChI=1S/C20H20BrClNO6PS/c1-3-28-30(25,29-4-2)20(23-31(26,27)15-11-9-14(21)10-12-15)13-18(22)19(24)16-7-5-6-8-17(16)20/h5-13,23H,3-4H2,1-2H3. The van der Waals surface area contributed by atoms with E-state index in [1.54, 1.807) is 38.1 Å². The van der Waals surface area contributed by atoms with E-state index in [9.17, 15) is 17.8 Å². The fourth-order valence-electron chi connectivity index (χ4n) is 3.29. The van der Waals surface area contributed by atoms with Crippen LogP contribution in [0.4, 0.5) is 0 Å². The molecule has 1 atom stereocenters. The summed E-state index contributed by atoms with van der Waals surface area (Å²) in [5.74, 6) is -0.518. The first kappa shape index (κ1) is 24.3. The number of halogens is 2. The van der Waals surface area contributed by atoms with Gasteiger partial charge in [0.15, 0.2) is 5.28 Å². The zero-order chi connectivity index (χ0) is 22.9. The summed E-state index contributed by atoms with van der Waals surface area (Å²) in [6, 6.07) is 12.1. The SMILES string of the molecule is CCOP(=O)(OCC)C1(NS(=O)(=O)c2ccc(Br)cc2)C=C(Cl)C(=O)c2ccccc21. The van der Waals surface area contributed by atoms with Crippen LogP contribution < -0.4 is 4.72 Å². The second-order valence-electron chi connectivity index (χ2n) is 6.53. The van der Waals surface area contributed by atoms with Crippen molar-refractivity contribution in [3.05, 3.63) is 75.2 Å². The van der Waals surface area contributed by atoms with E-state index >= 15 is 0 Å². The molecular weight excluding hydrogens is 529 g/mol. The number of carbonyl (C=O) groups is 1. The summed E-state index contributed by atoms with van der Waals surface area (Å²) in [6.45, 7) is 3.16. The van der Waals surface area contributed by atoms with Gasteiger partial charge in [0.1, 0.15) is 0 Å². The Kier molecular flexibility index (Phi) is 7.28. The lowest BCUT2D eigenvalue weighted by Crippen LogP contribution is -2.47. The predicted molar refractivity (Wildman–Crippen MR) is 122 cm³/mol. The molecule has 2 aromatic rings. The molecule has 0 saturated carbocycles. The number of benzene rings is 2. The lowest BCUT2D eigenvalue weighted by atomic mass is 9.92. The van der Waals surface area contributed by atoms with Crippen LogP contribution in [0.2, 0.25) is 0 Å². The highest BCUT2D eigenvalue weighted by molar-refractivity contribution is 9.10. The molecule has 11 heteroatoms. The summed E-state index contributed by atoms with van der Waals surface area (Å²) < 4.78 is 55.0. The second kappa shape index (κ2) is 9.27. The van der Waals surface area contributed by atoms with Crippen molar-refractivity contribution in [2.75, 3.05) is 13.2 Å². The molecule has 0 aromatic heterocycles. The molecule has 1 aliphatic carbocycles. The van der Waals surface area contributed by atoms with E-state index in [-0.39, 0.29) is 34.3 Å². The molecule has 1 unspecified atom stereocenters. The van der Waals surface area contributed by atoms with Gasteiger partial charge < -0.3 is 9.05 Å². The van der Waals surface area contributed by atoms with Crippen molar-refractivity contribution in [2.45, 2.75) is 24.0 Å². The van der Waals surface area contributed by atoms with Gasteiger partial charge in [-0.1, -0.05) is 51.8 Å². The van der Waals surface area contributed by atoms with Crippen LogP contribution in [-0.4, -0.2) is 27.4 Å². The van der Waals surface area contributed by atoms with Crippen LogP contribution in [0.1, 0.15) is 29.8 Å². The van der Waals surface area contributed by atoms with Gasteiger partial charge >= 0.3 is 7.60 Å². The van der Waals surface area contributed by atoms with E-state index in [0.717, 1.165) is 6.08 Å². The van der Waals surface area contributed by atoms with Crippen LogP contribution in [0.15, 0.2) is 69.0 Å². The first-order valence-corrected chi connectivity index (χ1v) is 13.5. The number of Topliss-reactive ketones (excluding diaryl/α,β-unsaturated/α-hetero) is 1. The first-order chi connectivity index (χ1) is 14.6. The van der Waals surface area contributed by atoms with Crippen LogP contribution in [0.3, 0.4) is 0 Å². The van der Waals surface area contributed by atoms with Gasteiger partial charge in [0, 0.05) is 15.6 Å². The van der Waals surface area contributed by atoms with Crippen molar-refractivity contribution in [1.82, 2.24) is 4.72 Å². The quantitative estimate of drug-likeness (QED) is 0.457. The Morgan fingerprint density at radius 1 is 1.06 bits per heavy atom. The lowest BCUT2D eigenvalue weighted by molar-refractivity contribution is 0.103. The molecule has 166 valence electrons. The van der Waals surface area contributed by atoms with Crippen molar-refractivity contribution in [3.63, 3.8) is 0 Å². The van der Waals surface area contributed by atoms with Crippen LogP contribution >= 0.6 is 35.1 Å². The minimum absolute atomic E-state index is 0.0272. The second-order valence-corrected chi connectivity index (χ2v) is 11.7. The van der Waals surface area contributed by atoms with Gasteiger partial charge in [-0.2, -0.15) is 4.72 Å². The van der Waals surface area contributed by atoms with Gasteiger partial charge in [-0.05, 0) is 44.2 Å². The molecule has 2 aromatic carbocycles. The van der Waals surface area contributed by atoms with Crippen molar-refractivity contribution in [1.29, 1.82) is 0 Å². The largest absolute Gasteiger partial charge is 0.360 e. The molecule has 1 aliphatic rings. The van der Waals surface area contributed by atoms with E-state index in [1.807, 2.05) is 0 Å². The number of ketones is 1. The number of rotatable bonds is 8. The van der Waals surface area contributed by atoms with Crippen molar-refractivity contribution in [2.24, 2.45) is 0 Å². The molecular formula is C20H20BrClNO6PS. The number of sulfonamides is 1. The molecule has 0 heterocycles. The lowest BCUT2D eigenvalue weighted by Gasteiger charge is -2.40. The summed E-state index contributed by atoms with van der Waals surface area (Å²) >= 11 is 9.49. The third-order valence-corrected chi connectivity index (χ3v) is 9.56. The molecule has 0 amide bonds. The molecule has 7 nitrogen and oxygen atoms in total. The molecule has 0 spiro atoms. The van der Waals surface area contributed by atoms with E-state index in [1.165, 1.54) is 24.3 Å². The van der Waals surface area contributed by atoms with Gasteiger partial charge in [0.05, 0.1) is 23.1 Å². The van der Waals surface area contributed by atoms with E-state index < -0.39 is 28.7 Å². The fourth-order valence-corrected chi connectivity index (χ4v) is 7.84. The van der Waals surface area contributed by atoms with Crippen molar-refractivity contribution in [3.8, 4) is 0 Å². The number of nitrogens with one attached hydrogen (secondary N) is 1. The van der Waals surface area contributed by atoms with E-state index in [0.29, 0.717) is 4.47 Å². The average Bonchev–Trinajstić information content (AvgIpc) is 2.72. The number of hydrogen-bond donors (Lipinski definition) is 1. The molecule has 0 aliphatic heterocycles. The summed E-state index contributed by atoms with van der Waals surface area (Å²) in [6.07, 6.45) is 1.11. The Balaban J connectivity index is 2.32.